The predicted molar refractivity (Wildman–Crippen MR) is 84.2 cm³/mol. The van der Waals surface area contributed by atoms with Crippen molar-refractivity contribution in [1.82, 2.24) is 15.5 Å². The highest BCUT2D eigenvalue weighted by atomic mass is 32.2. The Morgan fingerprint density at radius 2 is 2.27 bits per heavy atom. The Morgan fingerprint density at radius 3 is 3.05 bits per heavy atom. The highest BCUT2D eigenvalue weighted by Crippen LogP contribution is 2.34. The Kier molecular flexibility index (Phi) is 4.34. The van der Waals surface area contributed by atoms with E-state index in [4.69, 9.17) is 15.2 Å². The zero-order valence-electron chi connectivity index (χ0n) is 11.7. The van der Waals surface area contributed by atoms with Gasteiger partial charge >= 0.3 is 0 Å². The number of hydrogen-bond donors (Lipinski definition) is 2. The van der Waals surface area contributed by atoms with Gasteiger partial charge in [0.1, 0.15) is 0 Å². The molecule has 0 spiro atoms. The van der Waals surface area contributed by atoms with E-state index in [1.165, 1.54) is 23.1 Å². The second-order valence-electron chi connectivity index (χ2n) is 4.60. The summed E-state index contributed by atoms with van der Waals surface area (Å²) in [5, 5.41) is 10.9. The molecule has 2 heterocycles. The first-order chi connectivity index (χ1) is 10.6. The highest BCUT2D eigenvalue weighted by Gasteiger charge is 2.17. The van der Waals surface area contributed by atoms with E-state index >= 15 is 0 Å². The summed E-state index contributed by atoms with van der Waals surface area (Å²) in [4.78, 5) is 12.0. The van der Waals surface area contributed by atoms with Crippen molar-refractivity contribution < 1.29 is 14.3 Å². The van der Waals surface area contributed by atoms with Crippen molar-refractivity contribution in [2.75, 3.05) is 18.3 Å². The van der Waals surface area contributed by atoms with Gasteiger partial charge in [0, 0.05) is 0 Å². The molecule has 1 aliphatic rings. The van der Waals surface area contributed by atoms with Gasteiger partial charge in [-0.3, -0.25) is 4.79 Å². The number of nitrogen functional groups attached to an aromatic ring is 1. The van der Waals surface area contributed by atoms with Crippen molar-refractivity contribution in [1.29, 1.82) is 0 Å². The lowest BCUT2D eigenvalue weighted by molar-refractivity contribution is -0.119. The Hall–Kier alpha value is -2.00. The number of ether oxygens (including phenoxy) is 2. The van der Waals surface area contributed by atoms with Gasteiger partial charge in [-0.15, -0.1) is 10.2 Å². The van der Waals surface area contributed by atoms with E-state index in [-0.39, 0.29) is 24.5 Å². The highest BCUT2D eigenvalue weighted by molar-refractivity contribution is 8.01. The molecule has 116 valence electrons. The lowest BCUT2D eigenvalue weighted by Crippen LogP contribution is -2.28. The Bertz CT molecular complexity index is 692. The van der Waals surface area contributed by atoms with Crippen molar-refractivity contribution in [2.45, 2.75) is 17.3 Å². The third kappa shape index (κ3) is 3.42. The maximum absolute atomic E-state index is 12.0. The first-order valence-electron chi connectivity index (χ1n) is 6.52. The average Bonchev–Trinajstić information content (AvgIpc) is 3.12. The van der Waals surface area contributed by atoms with Gasteiger partial charge in [-0.2, -0.15) is 0 Å². The SMILES string of the molecule is CC(NC(=O)CSc1nnc(N)s1)c1ccc2c(c1)OCO2. The van der Waals surface area contributed by atoms with Crippen LogP contribution in [0.1, 0.15) is 18.5 Å². The zero-order chi connectivity index (χ0) is 15.5. The average molecular weight is 338 g/mol. The van der Waals surface area contributed by atoms with Crippen LogP contribution in [0.15, 0.2) is 22.5 Å². The van der Waals surface area contributed by atoms with Gasteiger partial charge in [0.15, 0.2) is 15.8 Å². The van der Waals surface area contributed by atoms with Crippen molar-refractivity contribution in [3.8, 4) is 11.5 Å². The number of amides is 1. The first-order valence-corrected chi connectivity index (χ1v) is 8.33. The summed E-state index contributed by atoms with van der Waals surface area (Å²) < 4.78 is 11.3. The smallest absolute Gasteiger partial charge is 0.231 e. The minimum absolute atomic E-state index is 0.0797. The molecule has 1 amide bonds. The molecule has 0 saturated carbocycles. The number of nitrogens with zero attached hydrogens (tertiary/aromatic N) is 2. The largest absolute Gasteiger partial charge is 0.454 e. The molecule has 0 bridgehead atoms. The van der Waals surface area contributed by atoms with Crippen LogP contribution in [0.5, 0.6) is 11.5 Å². The van der Waals surface area contributed by atoms with Gasteiger partial charge in [0.25, 0.3) is 0 Å². The quantitative estimate of drug-likeness (QED) is 0.802. The number of carbonyl (C=O) groups is 1. The Balaban J connectivity index is 1.54. The minimum Gasteiger partial charge on any atom is -0.454 e. The minimum atomic E-state index is -0.123. The van der Waals surface area contributed by atoms with Gasteiger partial charge in [0.2, 0.25) is 17.8 Å². The zero-order valence-corrected chi connectivity index (χ0v) is 13.4. The van der Waals surface area contributed by atoms with E-state index in [9.17, 15) is 4.79 Å². The second-order valence-corrected chi connectivity index (χ2v) is 6.83. The van der Waals surface area contributed by atoms with E-state index in [0.717, 1.165) is 11.3 Å². The third-order valence-corrected chi connectivity index (χ3v) is 4.91. The van der Waals surface area contributed by atoms with Crippen molar-refractivity contribution in [3.63, 3.8) is 0 Å². The predicted octanol–water partition coefficient (Wildman–Crippen LogP) is 1.82. The van der Waals surface area contributed by atoms with Crippen LogP contribution in [0.3, 0.4) is 0 Å². The Morgan fingerprint density at radius 1 is 1.45 bits per heavy atom. The molecule has 1 unspecified atom stereocenters. The van der Waals surface area contributed by atoms with Crippen molar-refractivity contribution in [3.05, 3.63) is 23.8 Å². The number of thioether (sulfide) groups is 1. The van der Waals surface area contributed by atoms with E-state index < -0.39 is 0 Å². The van der Waals surface area contributed by atoms with Crippen LogP contribution in [-0.4, -0.2) is 28.7 Å². The summed E-state index contributed by atoms with van der Waals surface area (Å²) in [6.45, 7) is 2.16. The van der Waals surface area contributed by atoms with Gasteiger partial charge in [-0.1, -0.05) is 29.2 Å². The maximum atomic E-state index is 12.0. The molecule has 0 aliphatic carbocycles. The molecule has 0 radical (unpaired) electrons. The number of carbonyl (C=O) groups excluding carboxylic acids is 1. The molecule has 0 saturated heterocycles. The first kappa shape index (κ1) is 14.9. The topological polar surface area (TPSA) is 99.4 Å². The van der Waals surface area contributed by atoms with Crippen LogP contribution in [0.2, 0.25) is 0 Å². The molecule has 2 aromatic rings. The summed E-state index contributed by atoms with van der Waals surface area (Å²) in [5.74, 6) is 1.62. The fourth-order valence-corrected chi connectivity index (χ4v) is 3.40. The lowest BCUT2D eigenvalue weighted by atomic mass is 10.1. The van der Waals surface area contributed by atoms with E-state index in [2.05, 4.69) is 15.5 Å². The molecule has 1 aliphatic heterocycles. The van der Waals surface area contributed by atoms with Crippen LogP contribution in [0.25, 0.3) is 0 Å². The molecule has 9 heteroatoms. The van der Waals surface area contributed by atoms with Crippen molar-refractivity contribution >= 4 is 34.1 Å². The third-order valence-electron chi connectivity index (χ3n) is 3.02. The normalized spacial score (nSPS) is 13.9. The number of rotatable bonds is 5. The number of aromatic nitrogens is 2. The van der Waals surface area contributed by atoms with E-state index in [1.807, 2.05) is 25.1 Å². The summed E-state index contributed by atoms with van der Waals surface area (Å²) in [7, 11) is 0. The van der Waals surface area contributed by atoms with Crippen LogP contribution in [-0.2, 0) is 4.79 Å². The molecule has 0 fully saturated rings. The number of benzene rings is 1. The summed E-state index contributed by atoms with van der Waals surface area (Å²) >= 11 is 2.58. The summed E-state index contributed by atoms with van der Waals surface area (Å²) in [5.41, 5.74) is 6.46. The molecular formula is C13H14N4O3S2. The second kappa shape index (κ2) is 6.41. The fraction of sp³-hybridized carbons (Fsp3) is 0.308. The number of hydrogen-bond acceptors (Lipinski definition) is 8. The molecule has 1 aromatic heterocycles. The van der Waals surface area contributed by atoms with Crippen LogP contribution < -0.4 is 20.5 Å². The molecule has 22 heavy (non-hydrogen) atoms. The maximum Gasteiger partial charge on any atom is 0.231 e. The van der Waals surface area contributed by atoms with Crippen LogP contribution >= 0.6 is 23.1 Å². The van der Waals surface area contributed by atoms with Crippen molar-refractivity contribution in [2.24, 2.45) is 0 Å². The molecule has 3 rings (SSSR count). The van der Waals surface area contributed by atoms with E-state index in [0.29, 0.717) is 15.2 Å². The molecule has 1 atom stereocenters. The standard InChI is InChI=1S/C13H14N4O3S2/c1-7(8-2-3-9-10(4-8)20-6-19-9)15-11(18)5-21-13-17-16-12(14)22-13/h2-4,7H,5-6H2,1H3,(H2,14,16)(H,15,18). The number of nitrogens with one attached hydrogen (secondary N) is 1. The monoisotopic (exact) mass is 338 g/mol. The molecular weight excluding hydrogens is 324 g/mol. The van der Waals surface area contributed by atoms with Gasteiger partial charge < -0.3 is 20.5 Å². The molecule has 1 aromatic carbocycles. The van der Waals surface area contributed by atoms with Crippen LogP contribution in [0, 0.1) is 0 Å². The van der Waals surface area contributed by atoms with E-state index in [1.54, 1.807) is 0 Å². The van der Waals surface area contributed by atoms with Crippen LogP contribution in [0.4, 0.5) is 5.13 Å². The summed E-state index contributed by atoms with van der Waals surface area (Å²) in [6, 6.07) is 5.52. The molecule has 3 N–H and O–H groups in total. The molecule has 7 nitrogen and oxygen atoms in total. The number of anilines is 1. The van der Waals surface area contributed by atoms with Gasteiger partial charge in [0.05, 0.1) is 11.8 Å². The number of nitrogens with two attached hydrogens (primary N) is 1. The van der Waals surface area contributed by atoms with Gasteiger partial charge in [-0.25, -0.2) is 0 Å². The lowest BCUT2D eigenvalue weighted by Gasteiger charge is -2.14. The van der Waals surface area contributed by atoms with Gasteiger partial charge in [-0.05, 0) is 24.6 Å². The fourth-order valence-electron chi connectivity index (χ4n) is 1.95. The summed E-state index contributed by atoms with van der Waals surface area (Å²) in [6.07, 6.45) is 0. The number of fused-ring (bicyclic) bond motifs is 1. The Labute approximate surface area is 135 Å².